The van der Waals surface area contributed by atoms with Crippen LogP contribution in [0.2, 0.25) is 0 Å². The van der Waals surface area contributed by atoms with Crippen LogP contribution in [0.3, 0.4) is 0 Å². The van der Waals surface area contributed by atoms with Crippen LogP contribution in [0, 0.1) is 0 Å². The lowest BCUT2D eigenvalue weighted by atomic mass is 9.86. The number of piperidine rings is 1. The molecule has 2 rings (SSSR count). The number of benzene rings is 1. The van der Waals surface area contributed by atoms with Gasteiger partial charge in [-0.3, -0.25) is 0 Å². The molecular formula is C14H19NO3. The van der Waals surface area contributed by atoms with Gasteiger partial charge < -0.3 is 14.7 Å². The van der Waals surface area contributed by atoms with Gasteiger partial charge in [0, 0.05) is 0 Å². The Bertz CT molecular complexity index is 437. The molecule has 0 unspecified atom stereocenters. The minimum absolute atomic E-state index is 0.322. The van der Waals surface area contributed by atoms with Crippen molar-refractivity contribution < 1.29 is 14.6 Å². The molecule has 98 valence electrons. The van der Waals surface area contributed by atoms with Crippen LogP contribution < -0.4 is 4.74 Å². The molecule has 1 aromatic carbocycles. The zero-order valence-corrected chi connectivity index (χ0v) is 10.8. The smallest absolute Gasteiger partial charge is 0.335 e. The minimum Gasteiger partial charge on any atom is -0.497 e. The second-order valence-electron chi connectivity index (χ2n) is 4.84. The summed E-state index contributed by atoms with van der Waals surface area (Å²) in [5.41, 5.74) is 1.32. The Balaban J connectivity index is 2.31. The highest BCUT2D eigenvalue weighted by Crippen LogP contribution is 2.32. The molecule has 4 nitrogen and oxygen atoms in total. The molecule has 0 aliphatic carbocycles. The summed E-state index contributed by atoms with van der Waals surface area (Å²) in [6.45, 7) is 2.03. The first kappa shape index (κ1) is 12.9. The van der Waals surface area contributed by atoms with Crippen LogP contribution in [0.1, 0.15) is 34.7 Å². The van der Waals surface area contributed by atoms with Crippen molar-refractivity contribution >= 4 is 5.97 Å². The van der Waals surface area contributed by atoms with Gasteiger partial charge in [-0.15, -0.1) is 0 Å². The Kier molecular flexibility index (Phi) is 3.87. The van der Waals surface area contributed by atoms with Gasteiger partial charge in [0.05, 0.1) is 12.7 Å². The van der Waals surface area contributed by atoms with Crippen molar-refractivity contribution in [1.29, 1.82) is 0 Å². The van der Waals surface area contributed by atoms with Crippen molar-refractivity contribution in [3.8, 4) is 5.75 Å². The predicted octanol–water partition coefficient (Wildman–Crippen LogP) is 2.20. The number of aromatic carboxylic acids is 1. The second kappa shape index (κ2) is 5.40. The number of ether oxygens (including phenoxy) is 1. The lowest BCUT2D eigenvalue weighted by Gasteiger charge is -2.30. The van der Waals surface area contributed by atoms with Gasteiger partial charge in [-0.1, -0.05) is 0 Å². The van der Waals surface area contributed by atoms with Crippen LogP contribution in [0.25, 0.3) is 0 Å². The van der Waals surface area contributed by atoms with Crippen molar-refractivity contribution in [3.05, 3.63) is 29.3 Å². The van der Waals surface area contributed by atoms with Crippen LogP contribution in [0.5, 0.6) is 5.75 Å². The molecule has 1 aliphatic rings. The molecule has 0 amide bonds. The van der Waals surface area contributed by atoms with Gasteiger partial charge in [-0.05, 0) is 62.7 Å². The molecule has 1 aliphatic heterocycles. The number of hydrogen-bond acceptors (Lipinski definition) is 3. The normalized spacial score (nSPS) is 17.7. The largest absolute Gasteiger partial charge is 0.497 e. The van der Waals surface area contributed by atoms with E-state index in [0.717, 1.165) is 37.2 Å². The van der Waals surface area contributed by atoms with E-state index in [2.05, 4.69) is 11.9 Å². The van der Waals surface area contributed by atoms with Crippen LogP contribution in [0.15, 0.2) is 18.2 Å². The number of carboxylic acid groups (broad SMARTS) is 1. The molecule has 1 aromatic rings. The van der Waals surface area contributed by atoms with Crippen molar-refractivity contribution in [2.75, 3.05) is 27.2 Å². The maximum absolute atomic E-state index is 11.3. The molecule has 1 N–H and O–H groups in total. The van der Waals surface area contributed by atoms with Gasteiger partial charge >= 0.3 is 5.97 Å². The second-order valence-corrected chi connectivity index (χ2v) is 4.84. The number of rotatable bonds is 3. The summed E-state index contributed by atoms with van der Waals surface area (Å²) >= 11 is 0. The molecule has 1 fully saturated rings. The molecule has 1 saturated heterocycles. The van der Waals surface area contributed by atoms with Crippen LogP contribution in [-0.4, -0.2) is 43.2 Å². The first-order valence-electron chi connectivity index (χ1n) is 6.21. The Morgan fingerprint density at radius 3 is 2.61 bits per heavy atom. The maximum atomic E-state index is 11.3. The third kappa shape index (κ3) is 2.64. The Morgan fingerprint density at radius 2 is 2.06 bits per heavy atom. The fourth-order valence-corrected chi connectivity index (χ4v) is 2.52. The standard InChI is InChI=1S/C14H19NO3/c1-15-7-5-10(6-8-15)13-9-11(18-2)3-4-12(13)14(16)17/h3-4,9-10H,5-8H2,1-2H3,(H,16,17). The first-order valence-corrected chi connectivity index (χ1v) is 6.21. The first-order chi connectivity index (χ1) is 8.61. The Hall–Kier alpha value is -1.55. The SMILES string of the molecule is COc1ccc(C(=O)O)c(C2CCN(C)CC2)c1. The molecular weight excluding hydrogens is 230 g/mol. The lowest BCUT2D eigenvalue weighted by Crippen LogP contribution is -2.29. The van der Waals surface area contributed by atoms with Gasteiger partial charge in [-0.25, -0.2) is 4.79 Å². The Labute approximate surface area is 107 Å². The van der Waals surface area contributed by atoms with Crippen molar-refractivity contribution in [1.82, 2.24) is 4.90 Å². The van der Waals surface area contributed by atoms with Gasteiger partial charge in [0.15, 0.2) is 0 Å². The molecule has 0 spiro atoms. The van der Waals surface area contributed by atoms with Gasteiger partial charge in [0.25, 0.3) is 0 Å². The van der Waals surface area contributed by atoms with Crippen molar-refractivity contribution in [2.24, 2.45) is 0 Å². The average Bonchev–Trinajstić information content (AvgIpc) is 2.38. The Morgan fingerprint density at radius 1 is 1.39 bits per heavy atom. The predicted molar refractivity (Wildman–Crippen MR) is 69.4 cm³/mol. The van der Waals surface area contributed by atoms with Crippen LogP contribution >= 0.6 is 0 Å². The topological polar surface area (TPSA) is 49.8 Å². The number of likely N-dealkylation sites (tertiary alicyclic amines) is 1. The third-order valence-electron chi connectivity index (χ3n) is 3.65. The third-order valence-corrected chi connectivity index (χ3v) is 3.65. The fourth-order valence-electron chi connectivity index (χ4n) is 2.52. The summed E-state index contributed by atoms with van der Waals surface area (Å²) in [5, 5.41) is 9.26. The van der Waals surface area contributed by atoms with Crippen molar-refractivity contribution in [3.63, 3.8) is 0 Å². The van der Waals surface area contributed by atoms with Gasteiger partial charge in [0.1, 0.15) is 5.75 Å². The molecule has 1 heterocycles. The van der Waals surface area contributed by atoms with E-state index in [1.165, 1.54) is 0 Å². The van der Waals surface area contributed by atoms with E-state index in [-0.39, 0.29) is 0 Å². The highest BCUT2D eigenvalue weighted by molar-refractivity contribution is 5.89. The average molecular weight is 249 g/mol. The van der Waals surface area contributed by atoms with Crippen LogP contribution in [-0.2, 0) is 0 Å². The van der Waals surface area contributed by atoms with E-state index in [1.807, 2.05) is 6.07 Å². The van der Waals surface area contributed by atoms with E-state index >= 15 is 0 Å². The monoisotopic (exact) mass is 249 g/mol. The fraction of sp³-hybridized carbons (Fsp3) is 0.500. The molecule has 0 radical (unpaired) electrons. The number of hydrogen-bond donors (Lipinski definition) is 1. The molecule has 0 saturated carbocycles. The van der Waals surface area contributed by atoms with E-state index in [4.69, 9.17) is 4.74 Å². The lowest BCUT2D eigenvalue weighted by molar-refractivity contribution is 0.0694. The van der Waals surface area contributed by atoms with E-state index in [1.54, 1.807) is 19.2 Å². The van der Waals surface area contributed by atoms with E-state index in [0.29, 0.717) is 11.5 Å². The number of carbonyl (C=O) groups is 1. The zero-order valence-electron chi connectivity index (χ0n) is 10.8. The van der Waals surface area contributed by atoms with Gasteiger partial charge in [0.2, 0.25) is 0 Å². The maximum Gasteiger partial charge on any atom is 0.335 e. The van der Waals surface area contributed by atoms with Crippen molar-refractivity contribution in [2.45, 2.75) is 18.8 Å². The highest BCUT2D eigenvalue weighted by Gasteiger charge is 2.23. The summed E-state index contributed by atoms with van der Waals surface area (Å²) in [7, 11) is 3.70. The summed E-state index contributed by atoms with van der Waals surface area (Å²) in [6.07, 6.45) is 2.01. The highest BCUT2D eigenvalue weighted by atomic mass is 16.5. The number of carboxylic acids is 1. The molecule has 4 heteroatoms. The zero-order chi connectivity index (χ0) is 13.1. The quantitative estimate of drug-likeness (QED) is 0.892. The number of methoxy groups -OCH3 is 1. The molecule has 0 aromatic heterocycles. The summed E-state index contributed by atoms with van der Waals surface area (Å²) in [6, 6.07) is 5.23. The van der Waals surface area contributed by atoms with E-state index < -0.39 is 5.97 Å². The van der Waals surface area contributed by atoms with Gasteiger partial charge in [-0.2, -0.15) is 0 Å². The molecule has 0 atom stereocenters. The minimum atomic E-state index is -0.855. The van der Waals surface area contributed by atoms with Crippen LogP contribution in [0.4, 0.5) is 0 Å². The molecule has 18 heavy (non-hydrogen) atoms. The summed E-state index contributed by atoms with van der Waals surface area (Å²) < 4.78 is 5.20. The molecule has 0 bridgehead atoms. The summed E-state index contributed by atoms with van der Waals surface area (Å²) in [5.74, 6) is 0.197. The number of nitrogens with zero attached hydrogens (tertiary/aromatic N) is 1. The summed E-state index contributed by atoms with van der Waals surface area (Å²) in [4.78, 5) is 13.6. The van der Waals surface area contributed by atoms with E-state index in [9.17, 15) is 9.90 Å².